The van der Waals surface area contributed by atoms with Gasteiger partial charge in [0.25, 0.3) is 0 Å². The molecule has 2 N–H and O–H groups in total. The third-order valence-corrected chi connectivity index (χ3v) is 3.30. The second-order valence-corrected chi connectivity index (χ2v) is 4.81. The van der Waals surface area contributed by atoms with Gasteiger partial charge in [-0.2, -0.15) is 5.10 Å². The Hall–Kier alpha value is -2.48. The zero-order chi connectivity index (χ0) is 14.5. The number of hydrogen-bond acceptors (Lipinski definition) is 5. The second-order valence-electron chi connectivity index (χ2n) is 3.86. The summed E-state index contributed by atoms with van der Waals surface area (Å²) in [5.41, 5.74) is 0.798. The number of amides is 1. The molecule has 0 aliphatic heterocycles. The van der Waals surface area contributed by atoms with E-state index in [0.29, 0.717) is 5.01 Å². The number of carboxylic acid groups (broad SMARTS) is 1. The first-order valence-electron chi connectivity index (χ1n) is 5.68. The number of hydrogen-bond donors (Lipinski definition) is 2. The van der Waals surface area contributed by atoms with Crippen molar-refractivity contribution in [3.8, 4) is 0 Å². The number of nitrogens with zero attached hydrogens (tertiary/aromatic N) is 3. The maximum atomic E-state index is 11.6. The third kappa shape index (κ3) is 3.51. The van der Waals surface area contributed by atoms with E-state index >= 15 is 0 Å². The lowest BCUT2D eigenvalue weighted by molar-refractivity contribution is -0.116. The molecule has 7 nitrogen and oxygen atoms in total. The minimum absolute atomic E-state index is 0.00956. The van der Waals surface area contributed by atoms with Crippen molar-refractivity contribution in [2.24, 2.45) is 7.05 Å². The molecule has 2 aromatic heterocycles. The van der Waals surface area contributed by atoms with E-state index in [1.54, 1.807) is 30.1 Å². The molecular formula is C12H12N4O3S. The summed E-state index contributed by atoms with van der Waals surface area (Å²) in [4.78, 5) is 26.1. The average Bonchev–Trinajstić information content (AvgIpc) is 3.03. The minimum Gasteiger partial charge on any atom is -0.476 e. The van der Waals surface area contributed by atoms with E-state index in [2.05, 4.69) is 15.4 Å². The molecule has 0 bridgehead atoms. The highest BCUT2D eigenvalue weighted by Crippen LogP contribution is 2.09. The van der Waals surface area contributed by atoms with Gasteiger partial charge < -0.3 is 10.4 Å². The molecular weight excluding hydrogens is 280 g/mol. The fourth-order valence-electron chi connectivity index (χ4n) is 1.42. The topological polar surface area (TPSA) is 97.1 Å². The summed E-state index contributed by atoms with van der Waals surface area (Å²) in [6.07, 6.45) is 4.68. The van der Waals surface area contributed by atoms with E-state index in [4.69, 9.17) is 5.11 Å². The molecule has 0 unspecified atom stereocenters. The zero-order valence-electron chi connectivity index (χ0n) is 10.6. The summed E-state index contributed by atoms with van der Waals surface area (Å²) >= 11 is 1.19. The van der Waals surface area contributed by atoms with Crippen LogP contribution in [0.4, 0.5) is 0 Å². The predicted molar refractivity (Wildman–Crippen MR) is 73.2 cm³/mol. The van der Waals surface area contributed by atoms with E-state index in [1.165, 1.54) is 22.8 Å². The number of nitrogens with one attached hydrogen (secondary N) is 1. The third-order valence-electron chi connectivity index (χ3n) is 2.45. The number of thiazole rings is 1. The molecule has 2 rings (SSSR count). The molecule has 1 amide bonds. The molecule has 0 saturated carbocycles. The van der Waals surface area contributed by atoms with Gasteiger partial charge in [-0.25, -0.2) is 9.78 Å². The maximum absolute atomic E-state index is 11.6. The molecule has 0 aromatic carbocycles. The summed E-state index contributed by atoms with van der Waals surface area (Å²) in [5, 5.41) is 17.3. The van der Waals surface area contributed by atoms with Gasteiger partial charge in [-0.3, -0.25) is 9.48 Å². The van der Waals surface area contributed by atoms with Crippen LogP contribution in [0.3, 0.4) is 0 Å². The van der Waals surface area contributed by atoms with Gasteiger partial charge in [0.1, 0.15) is 5.01 Å². The Balaban J connectivity index is 1.87. The summed E-state index contributed by atoms with van der Waals surface area (Å²) in [6, 6.07) is 1.78. The molecule has 20 heavy (non-hydrogen) atoms. The second kappa shape index (κ2) is 6.11. The molecule has 0 saturated heterocycles. The Morgan fingerprint density at radius 1 is 1.55 bits per heavy atom. The summed E-state index contributed by atoms with van der Waals surface area (Å²) < 4.78 is 1.64. The van der Waals surface area contributed by atoms with E-state index in [0.717, 1.165) is 5.69 Å². The van der Waals surface area contributed by atoms with Gasteiger partial charge in [0.15, 0.2) is 5.69 Å². The Labute approximate surface area is 118 Å². The van der Waals surface area contributed by atoms with E-state index in [-0.39, 0.29) is 18.1 Å². The highest BCUT2D eigenvalue weighted by atomic mass is 32.1. The van der Waals surface area contributed by atoms with Crippen LogP contribution in [0.15, 0.2) is 23.7 Å². The fourth-order valence-corrected chi connectivity index (χ4v) is 2.13. The van der Waals surface area contributed by atoms with Crippen molar-refractivity contribution in [2.45, 2.75) is 6.54 Å². The van der Waals surface area contributed by atoms with Gasteiger partial charge in [0.2, 0.25) is 5.91 Å². The highest BCUT2D eigenvalue weighted by molar-refractivity contribution is 7.09. The molecule has 0 aliphatic rings. The van der Waals surface area contributed by atoms with Crippen molar-refractivity contribution >= 4 is 29.3 Å². The minimum atomic E-state index is -1.07. The van der Waals surface area contributed by atoms with Gasteiger partial charge >= 0.3 is 5.97 Å². The van der Waals surface area contributed by atoms with Crippen LogP contribution in [0.2, 0.25) is 0 Å². The quantitative estimate of drug-likeness (QED) is 0.798. The lowest BCUT2D eigenvalue weighted by atomic mass is 10.3. The first-order valence-corrected chi connectivity index (χ1v) is 6.56. The van der Waals surface area contributed by atoms with Crippen LogP contribution in [0, 0.1) is 0 Å². The zero-order valence-corrected chi connectivity index (χ0v) is 11.4. The van der Waals surface area contributed by atoms with Gasteiger partial charge in [0, 0.05) is 24.7 Å². The van der Waals surface area contributed by atoms with Gasteiger partial charge in [-0.15, -0.1) is 11.3 Å². The smallest absolute Gasteiger partial charge is 0.355 e. The Morgan fingerprint density at radius 3 is 2.95 bits per heavy atom. The number of carboxylic acids is 1. The summed E-state index contributed by atoms with van der Waals surface area (Å²) in [7, 11) is 1.78. The number of carbonyl (C=O) groups is 2. The molecule has 0 atom stereocenters. The fraction of sp³-hybridized carbons (Fsp3) is 0.167. The lowest BCUT2D eigenvalue weighted by Crippen LogP contribution is -2.20. The normalized spacial score (nSPS) is 10.8. The van der Waals surface area contributed by atoms with E-state index in [1.807, 2.05) is 0 Å². The maximum Gasteiger partial charge on any atom is 0.355 e. The SMILES string of the molecule is Cn1nccc1/C=C/C(=O)NCc1nc(C(=O)O)cs1. The number of aromatic nitrogens is 3. The van der Waals surface area contributed by atoms with Gasteiger partial charge in [0.05, 0.1) is 12.2 Å². The van der Waals surface area contributed by atoms with Crippen LogP contribution in [-0.4, -0.2) is 31.7 Å². The van der Waals surface area contributed by atoms with Crippen molar-refractivity contribution in [2.75, 3.05) is 0 Å². The molecule has 0 radical (unpaired) electrons. The van der Waals surface area contributed by atoms with Crippen LogP contribution in [0.5, 0.6) is 0 Å². The molecule has 2 aromatic rings. The predicted octanol–water partition coefficient (Wildman–Crippen LogP) is 0.904. The van der Waals surface area contributed by atoms with Crippen molar-refractivity contribution in [1.82, 2.24) is 20.1 Å². The van der Waals surface area contributed by atoms with Crippen molar-refractivity contribution in [3.63, 3.8) is 0 Å². The number of aryl methyl sites for hydroxylation is 1. The molecule has 104 valence electrons. The van der Waals surface area contributed by atoms with Crippen molar-refractivity contribution in [1.29, 1.82) is 0 Å². The number of aromatic carboxylic acids is 1. The average molecular weight is 292 g/mol. The van der Waals surface area contributed by atoms with Crippen molar-refractivity contribution in [3.05, 3.63) is 40.1 Å². The molecule has 0 aliphatic carbocycles. The van der Waals surface area contributed by atoms with Gasteiger partial charge in [-0.05, 0) is 12.1 Å². The lowest BCUT2D eigenvalue weighted by Gasteiger charge is -1.98. The van der Waals surface area contributed by atoms with Crippen LogP contribution in [0.1, 0.15) is 21.2 Å². The van der Waals surface area contributed by atoms with Gasteiger partial charge in [-0.1, -0.05) is 0 Å². The Bertz CT molecular complexity index is 659. The first kappa shape index (κ1) is 13.9. The van der Waals surface area contributed by atoms with Crippen molar-refractivity contribution < 1.29 is 14.7 Å². The Morgan fingerprint density at radius 2 is 2.35 bits per heavy atom. The monoisotopic (exact) mass is 292 g/mol. The number of carbonyl (C=O) groups excluding carboxylic acids is 1. The van der Waals surface area contributed by atoms with E-state index < -0.39 is 5.97 Å². The number of rotatable bonds is 5. The standard InChI is InChI=1S/C12H12N4O3S/c1-16-8(4-5-14-16)2-3-10(17)13-6-11-15-9(7-20-11)12(18)19/h2-5,7H,6H2,1H3,(H,13,17)(H,18,19)/b3-2+. The summed E-state index contributed by atoms with van der Waals surface area (Å²) in [5.74, 6) is -1.35. The molecule has 0 fully saturated rings. The summed E-state index contributed by atoms with van der Waals surface area (Å²) in [6.45, 7) is 0.201. The van der Waals surface area contributed by atoms with Crippen LogP contribution in [0.25, 0.3) is 6.08 Å². The molecule has 8 heteroatoms. The van der Waals surface area contributed by atoms with Crippen LogP contribution in [-0.2, 0) is 18.4 Å². The largest absolute Gasteiger partial charge is 0.476 e. The first-order chi connectivity index (χ1) is 9.56. The highest BCUT2D eigenvalue weighted by Gasteiger charge is 2.08. The molecule has 2 heterocycles. The van der Waals surface area contributed by atoms with Crippen LogP contribution >= 0.6 is 11.3 Å². The molecule has 0 spiro atoms. The Kier molecular flexibility index (Phi) is 4.26. The van der Waals surface area contributed by atoms with Crippen LogP contribution < -0.4 is 5.32 Å². The van der Waals surface area contributed by atoms with E-state index in [9.17, 15) is 9.59 Å².